The average molecular weight is 224 g/mol. The first-order valence-electron chi connectivity index (χ1n) is 5.28. The van der Waals surface area contributed by atoms with Gasteiger partial charge in [-0.1, -0.05) is 24.1 Å². The lowest BCUT2D eigenvalue weighted by Gasteiger charge is -2.06. The Kier molecular flexibility index (Phi) is 3.67. The highest BCUT2D eigenvalue weighted by molar-refractivity contribution is 5.35. The SMILES string of the molecule is C#CCOc1ccc(Oc2ccccc2)cc1. The van der Waals surface area contributed by atoms with E-state index in [1.807, 2.05) is 54.6 Å². The molecule has 17 heavy (non-hydrogen) atoms. The summed E-state index contributed by atoms with van der Waals surface area (Å²) in [5.41, 5.74) is 0. The summed E-state index contributed by atoms with van der Waals surface area (Å²) in [5.74, 6) is 4.73. The third-order valence-electron chi connectivity index (χ3n) is 2.12. The van der Waals surface area contributed by atoms with Gasteiger partial charge in [0.25, 0.3) is 0 Å². The second kappa shape index (κ2) is 5.62. The molecule has 2 aromatic carbocycles. The van der Waals surface area contributed by atoms with Gasteiger partial charge in [0, 0.05) is 0 Å². The molecule has 0 amide bonds. The normalized spacial score (nSPS) is 9.35. The van der Waals surface area contributed by atoms with Gasteiger partial charge in [-0.3, -0.25) is 0 Å². The molecule has 0 aromatic heterocycles. The Morgan fingerprint density at radius 1 is 0.824 bits per heavy atom. The Morgan fingerprint density at radius 2 is 1.41 bits per heavy atom. The van der Waals surface area contributed by atoms with Crippen molar-refractivity contribution in [1.29, 1.82) is 0 Å². The van der Waals surface area contributed by atoms with Crippen molar-refractivity contribution in [2.45, 2.75) is 0 Å². The molecular formula is C15H12O2. The molecule has 2 aromatic rings. The van der Waals surface area contributed by atoms with Crippen molar-refractivity contribution in [3.63, 3.8) is 0 Å². The lowest BCUT2D eigenvalue weighted by atomic mass is 10.3. The maximum absolute atomic E-state index is 5.64. The number of hydrogen-bond acceptors (Lipinski definition) is 2. The van der Waals surface area contributed by atoms with Gasteiger partial charge < -0.3 is 9.47 Å². The molecule has 84 valence electrons. The molecule has 2 nitrogen and oxygen atoms in total. The Balaban J connectivity index is 2.01. The molecule has 0 aliphatic heterocycles. The molecule has 2 heteroatoms. The van der Waals surface area contributed by atoms with E-state index in [2.05, 4.69) is 5.92 Å². The molecule has 0 radical (unpaired) electrons. The van der Waals surface area contributed by atoms with Crippen molar-refractivity contribution in [1.82, 2.24) is 0 Å². The van der Waals surface area contributed by atoms with Crippen LogP contribution in [-0.4, -0.2) is 6.61 Å². The number of terminal acetylenes is 1. The highest BCUT2D eigenvalue weighted by Gasteiger charge is 1.97. The van der Waals surface area contributed by atoms with Crippen LogP contribution in [-0.2, 0) is 0 Å². The third-order valence-corrected chi connectivity index (χ3v) is 2.12. The lowest BCUT2D eigenvalue weighted by molar-refractivity contribution is 0.369. The Morgan fingerprint density at radius 3 is 2.06 bits per heavy atom. The van der Waals surface area contributed by atoms with Gasteiger partial charge in [0.1, 0.15) is 23.9 Å². The van der Waals surface area contributed by atoms with E-state index in [1.165, 1.54) is 0 Å². The van der Waals surface area contributed by atoms with Crippen molar-refractivity contribution in [3.05, 3.63) is 54.6 Å². The van der Waals surface area contributed by atoms with Crippen LogP contribution in [0.15, 0.2) is 54.6 Å². The minimum Gasteiger partial charge on any atom is -0.481 e. The molecule has 0 aliphatic carbocycles. The van der Waals surface area contributed by atoms with Gasteiger partial charge in [-0.2, -0.15) is 0 Å². The minimum atomic E-state index is 0.277. The molecule has 0 N–H and O–H groups in total. The number of benzene rings is 2. The molecule has 0 aliphatic rings. The summed E-state index contributed by atoms with van der Waals surface area (Å²) in [4.78, 5) is 0. The molecular weight excluding hydrogens is 212 g/mol. The van der Waals surface area contributed by atoms with E-state index in [-0.39, 0.29) is 6.61 Å². The van der Waals surface area contributed by atoms with Gasteiger partial charge >= 0.3 is 0 Å². The monoisotopic (exact) mass is 224 g/mol. The average Bonchev–Trinajstić information content (AvgIpc) is 2.39. The van der Waals surface area contributed by atoms with Crippen LogP contribution in [0, 0.1) is 12.3 Å². The van der Waals surface area contributed by atoms with E-state index in [0.29, 0.717) is 0 Å². The molecule has 0 atom stereocenters. The van der Waals surface area contributed by atoms with Gasteiger partial charge in [0.15, 0.2) is 0 Å². The van der Waals surface area contributed by atoms with E-state index >= 15 is 0 Å². The van der Waals surface area contributed by atoms with Crippen LogP contribution in [0.25, 0.3) is 0 Å². The minimum absolute atomic E-state index is 0.277. The van der Waals surface area contributed by atoms with Crippen LogP contribution in [0.2, 0.25) is 0 Å². The molecule has 0 bridgehead atoms. The Hall–Kier alpha value is -2.40. The first kappa shape index (κ1) is 11.1. The summed E-state index contributed by atoms with van der Waals surface area (Å²) in [6.07, 6.45) is 5.11. The fourth-order valence-corrected chi connectivity index (χ4v) is 1.35. The zero-order valence-corrected chi connectivity index (χ0v) is 9.30. The van der Waals surface area contributed by atoms with E-state index in [4.69, 9.17) is 15.9 Å². The Labute approximate surface area is 101 Å². The van der Waals surface area contributed by atoms with Crippen molar-refractivity contribution >= 4 is 0 Å². The topological polar surface area (TPSA) is 18.5 Å². The first-order chi connectivity index (χ1) is 8.38. The quantitative estimate of drug-likeness (QED) is 0.740. The van der Waals surface area contributed by atoms with Crippen molar-refractivity contribution in [2.75, 3.05) is 6.61 Å². The summed E-state index contributed by atoms with van der Waals surface area (Å²) in [7, 11) is 0. The van der Waals surface area contributed by atoms with Gasteiger partial charge in [-0.25, -0.2) is 0 Å². The summed E-state index contributed by atoms with van der Waals surface area (Å²) in [6.45, 7) is 0.277. The van der Waals surface area contributed by atoms with Gasteiger partial charge in [0.2, 0.25) is 0 Å². The Bertz CT molecular complexity index is 495. The standard InChI is InChI=1S/C15H12O2/c1-2-12-16-13-8-10-15(11-9-13)17-14-6-4-3-5-7-14/h1,3-11H,12H2. The van der Waals surface area contributed by atoms with E-state index < -0.39 is 0 Å². The molecule has 0 saturated carbocycles. The smallest absolute Gasteiger partial charge is 0.148 e. The number of para-hydroxylation sites is 1. The number of hydrogen-bond donors (Lipinski definition) is 0. The molecule has 0 fully saturated rings. The maximum Gasteiger partial charge on any atom is 0.148 e. The van der Waals surface area contributed by atoms with E-state index in [9.17, 15) is 0 Å². The van der Waals surface area contributed by atoms with Crippen LogP contribution < -0.4 is 9.47 Å². The fraction of sp³-hybridized carbons (Fsp3) is 0.0667. The highest BCUT2D eigenvalue weighted by Crippen LogP contribution is 2.23. The van der Waals surface area contributed by atoms with Crippen LogP contribution in [0.5, 0.6) is 17.2 Å². The lowest BCUT2D eigenvalue weighted by Crippen LogP contribution is -1.92. The molecule has 2 rings (SSSR count). The fourth-order valence-electron chi connectivity index (χ4n) is 1.35. The predicted molar refractivity (Wildman–Crippen MR) is 67.3 cm³/mol. The van der Waals surface area contributed by atoms with Crippen molar-refractivity contribution in [3.8, 4) is 29.6 Å². The van der Waals surface area contributed by atoms with Crippen LogP contribution in [0.4, 0.5) is 0 Å². The second-order valence-corrected chi connectivity index (χ2v) is 3.38. The molecule has 0 spiro atoms. The molecule has 0 heterocycles. The van der Waals surface area contributed by atoms with Gasteiger partial charge in [0.05, 0.1) is 0 Å². The summed E-state index contributed by atoms with van der Waals surface area (Å²) >= 11 is 0. The van der Waals surface area contributed by atoms with Crippen LogP contribution >= 0.6 is 0 Å². The second-order valence-electron chi connectivity index (χ2n) is 3.38. The zero-order valence-electron chi connectivity index (χ0n) is 9.30. The molecule has 0 unspecified atom stereocenters. The predicted octanol–water partition coefficient (Wildman–Crippen LogP) is 3.49. The van der Waals surface area contributed by atoms with E-state index in [0.717, 1.165) is 17.2 Å². The van der Waals surface area contributed by atoms with E-state index in [1.54, 1.807) is 0 Å². The number of ether oxygens (including phenoxy) is 2. The number of rotatable bonds is 4. The molecule has 0 saturated heterocycles. The third kappa shape index (κ3) is 3.29. The summed E-state index contributed by atoms with van der Waals surface area (Å²) in [5, 5.41) is 0. The maximum atomic E-state index is 5.64. The van der Waals surface area contributed by atoms with Crippen molar-refractivity contribution < 1.29 is 9.47 Å². The highest BCUT2D eigenvalue weighted by atomic mass is 16.5. The van der Waals surface area contributed by atoms with Gasteiger partial charge in [-0.05, 0) is 36.4 Å². The summed E-state index contributed by atoms with van der Waals surface area (Å²) < 4.78 is 10.9. The van der Waals surface area contributed by atoms with Crippen LogP contribution in [0.1, 0.15) is 0 Å². The summed E-state index contributed by atoms with van der Waals surface area (Å²) in [6, 6.07) is 17.0. The zero-order chi connectivity index (χ0) is 11.9. The first-order valence-corrected chi connectivity index (χ1v) is 5.28. The van der Waals surface area contributed by atoms with Crippen LogP contribution in [0.3, 0.4) is 0 Å². The van der Waals surface area contributed by atoms with Crippen molar-refractivity contribution in [2.24, 2.45) is 0 Å². The largest absolute Gasteiger partial charge is 0.481 e. The van der Waals surface area contributed by atoms with Gasteiger partial charge in [-0.15, -0.1) is 6.42 Å².